The topological polar surface area (TPSA) is 129 Å². The first-order valence-electron chi connectivity index (χ1n) is 22.8. The lowest BCUT2D eigenvalue weighted by Gasteiger charge is -2.39. The second-order valence-electron chi connectivity index (χ2n) is 18.5. The number of ketones is 1. The number of pyridine rings is 1. The van der Waals surface area contributed by atoms with Gasteiger partial charge in [0.2, 0.25) is 5.91 Å². The Labute approximate surface area is 379 Å². The van der Waals surface area contributed by atoms with E-state index in [1.807, 2.05) is 60.4 Å². The molecule has 5 aromatic rings. The van der Waals surface area contributed by atoms with Crippen LogP contribution in [-0.4, -0.2) is 116 Å². The normalized spacial score (nSPS) is 23.0. The largest absolute Gasteiger partial charge is 0.351 e. The quantitative estimate of drug-likeness (QED) is 0.144. The first-order chi connectivity index (χ1) is 30.6. The van der Waals surface area contributed by atoms with Crippen LogP contribution in [0.5, 0.6) is 0 Å². The van der Waals surface area contributed by atoms with E-state index in [-0.39, 0.29) is 24.2 Å². The van der Waals surface area contributed by atoms with Gasteiger partial charge in [-0.15, -0.1) is 21.5 Å². The van der Waals surface area contributed by atoms with Crippen LogP contribution >= 0.6 is 22.9 Å². The van der Waals surface area contributed by atoms with E-state index in [0.29, 0.717) is 40.0 Å². The second kappa shape index (κ2) is 17.6. The van der Waals surface area contributed by atoms with E-state index in [0.717, 1.165) is 112 Å². The molecule has 4 fully saturated rings. The average Bonchev–Trinajstić information content (AvgIpc) is 3.88. The Kier molecular flexibility index (Phi) is 11.8. The van der Waals surface area contributed by atoms with E-state index in [9.17, 15) is 9.59 Å². The molecular formula is C49H57ClN10O2S. The molecule has 10 rings (SSSR count). The number of halogens is 1. The SMILES string of the molecule is Cc1sc2c(c1C)C(c1ccc(Cl)cc1)=N[C@@H](CC(=O)N1CCC(CN3CCN(Cc4ccc(C(=O)c5ccc(N6[C@@H]7CC[C@H]6CC(N)C7)nc5)cc4)CC3)CC1)c1nnc(C)n1-2. The van der Waals surface area contributed by atoms with Gasteiger partial charge in [0.25, 0.3) is 0 Å². The number of anilines is 1. The van der Waals surface area contributed by atoms with E-state index < -0.39 is 6.04 Å². The van der Waals surface area contributed by atoms with E-state index >= 15 is 0 Å². The molecule has 4 atom stereocenters. The van der Waals surface area contributed by atoms with Crippen LogP contribution in [0.3, 0.4) is 0 Å². The van der Waals surface area contributed by atoms with Gasteiger partial charge < -0.3 is 20.4 Å². The van der Waals surface area contributed by atoms with E-state index in [1.165, 1.54) is 28.8 Å². The van der Waals surface area contributed by atoms with Crippen molar-refractivity contribution in [3.8, 4) is 5.00 Å². The number of hydrogen-bond donors (Lipinski definition) is 1. The maximum atomic E-state index is 14.0. The minimum absolute atomic E-state index is 0.00807. The zero-order valence-electron chi connectivity index (χ0n) is 36.5. The van der Waals surface area contributed by atoms with Gasteiger partial charge in [-0.25, -0.2) is 4.98 Å². The van der Waals surface area contributed by atoms with Crippen molar-refractivity contribution in [1.82, 2.24) is 34.4 Å². The molecule has 5 aliphatic rings. The van der Waals surface area contributed by atoms with Gasteiger partial charge in [-0.2, -0.15) is 0 Å². The lowest BCUT2D eigenvalue weighted by molar-refractivity contribution is -0.133. The fourth-order valence-electron chi connectivity index (χ4n) is 10.7. The smallest absolute Gasteiger partial charge is 0.225 e. The molecule has 1 amide bonds. The molecule has 0 radical (unpaired) electrons. The number of thiophene rings is 1. The lowest BCUT2D eigenvalue weighted by Crippen LogP contribution is -2.48. The van der Waals surface area contributed by atoms with Crippen LogP contribution in [-0.2, 0) is 11.3 Å². The molecule has 12 nitrogen and oxygen atoms in total. The molecule has 14 heteroatoms. The number of nitrogens with two attached hydrogens (primary N) is 1. The molecule has 2 bridgehead atoms. The summed E-state index contributed by atoms with van der Waals surface area (Å²) in [6, 6.07) is 20.6. The van der Waals surface area contributed by atoms with Gasteiger partial charge in [0.1, 0.15) is 22.7 Å². The number of benzene rings is 2. The number of aryl methyl sites for hydroxylation is 2. The Hall–Kier alpha value is -4.79. The summed E-state index contributed by atoms with van der Waals surface area (Å²) >= 11 is 8.02. The number of hydrogen-bond acceptors (Lipinski definition) is 11. The molecule has 328 valence electrons. The van der Waals surface area contributed by atoms with Crippen molar-refractivity contribution in [2.24, 2.45) is 16.6 Å². The van der Waals surface area contributed by atoms with Gasteiger partial charge in [-0.05, 0) is 101 Å². The van der Waals surface area contributed by atoms with Gasteiger partial charge in [-0.3, -0.25) is 24.0 Å². The number of carbonyl (C=O) groups excluding carboxylic acids is 2. The third-order valence-corrected chi connectivity index (χ3v) is 15.8. The zero-order valence-corrected chi connectivity index (χ0v) is 38.1. The number of likely N-dealkylation sites (tertiary alicyclic amines) is 1. The Morgan fingerprint density at radius 3 is 2.17 bits per heavy atom. The predicted octanol–water partition coefficient (Wildman–Crippen LogP) is 7.33. The number of rotatable bonds is 10. The Morgan fingerprint density at radius 2 is 1.49 bits per heavy atom. The van der Waals surface area contributed by atoms with Gasteiger partial charge in [0.05, 0.1) is 12.1 Å². The summed E-state index contributed by atoms with van der Waals surface area (Å²) in [4.78, 5) is 48.3. The number of fused-ring (bicyclic) bond motifs is 5. The van der Waals surface area contributed by atoms with Gasteiger partial charge in [0.15, 0.2) is 11.6 Å². The maximum Gasteiger partial charge on any atom is 0.225 e. The van der Waals surface area contributed by atoms with Crippen molar-refractivity contribution in [2.75, 3.05) is 50.7 Å². The van der Waals surface area contributed by atoms with E-state index in [4.69, 9.17) is 27.3 Å². The van der Waals surface area contributed by atoms with Gasteiger partial charge >= 0.3 is 0 Å². The maximum absolute atomic E-state index is 14.0. The summed E-state index contributed by atoms with van der Waals surface area (Å²) in [5.74, 6) is 3.17. The molecular weight excluding hydrogens is 828 g/mol. The number of aliphatic imine (C=N–C) groups is 1. The summed E-state index contributed by atoms with van der Waals surface area (Å²) in [5.41, 5.74) is 12.9. The third kappa shape index (κ3) is 8.50. The second-order valence-corrected chi connectivity index (χ2v) is 20.1. The predicted molar refractivity (Wildman–Crippen MR) is 250 cm³/mol. The number of amides is 1. The zero-order chi connectivity index (χ0) is 43.4. The minimum atomic E-state index is -0.459. The van der Waals surface area contributed by atoms with Crippen LogP contribution in [0.4, 0.5) is 5.82 Å². The van der Waals surface area contributed by atoms with Crippen molar-refractivity contribution in [3.63, 3.8) is 0 Å². The van der Waals surface area contributed by atoms with Gasteiger partial charge in [0, 0.05) is 109 Å². The first-order valence-corrected chi connectivity index (χ1v) is 24.0. The molecule has 0 saturated carbocycles. The molecule has 0 aliphatic carbocycles. The van der Waals surface area contributed by atoms with Crippen LogP contribution in [0, 0.1) is 26.7 Å². The number of aromatic nitrogens is 4. The summed E-state index contributed by atoms with van der Waals surface area (Å²) in [6.45, 7) is 13.8. The van der Waals surface area contributed by atoms with E-state index in [1.54, 1.807) is 17.5 Å². The highest BCUT2D eigenvalue weighted by Gasteiger charge is 2.40. The summed E-state index contributed by atoms with van der Waals surface area (Å²) < 4.78 is 2.11. The molecule has 3 aromatic heterocycles. The van der Waals surface area contributed by atoms with Crippen molar-refractivity contribution >= 4 is 46.2 Å². The fraction of sp³-hybridized carbons (Fsp3) is 0.469. The molecule has 0 spiro atoms. The highest BCUT2D eigenvalue weighted by molar-refractivity contribution is 7.15. The van der Waals surface area contributed by atoms with Crippen molar-refractivity contribution in [1.29, 1.82) is 0 Å². The number of nitrogens with zero attached hydrogens (tertiary/aromatic N) is 9. The minimum Gasteiger partial charge on any atom is -0.351 e. The van der Waals surface area contributed by atoms with Gasteiger partial charge in [-0.1, -0.05) is 48.0 Å². The van der Waals surface area contributed by atoms with Crippen LogP contribution in [0.25, 0.3) is 5.00 Å². The first kappa shape index (κ1) is 42.2. The highest BCUT2D eigenvalue weighted by Crippen LogP contribution is 2.41. The molecule has 63 heavy (non-hydrogen) atoms. The Bertz CT molecular complexity index is 2490. The lowest BCUT2D eigenvalue weighted by atomic mass is 9.95. The standard InChI is InChI=1S/C49H57ClN10O2S/c1-30-31(2)63-49-45(30)46(35-8-11-38(50)12-9-35)53-42(48-55-54-32(3)59(48)49)26-44(61)58-18-16-34(17-19-58)29-57-22-20-56(21-23-57)28-33-4-6-36(7-5-33)47(62)37-10-15-43(52-27-37)60-40-13-14-41(60)25-39(51)24-40/h4-12,15,27,34,39-42H,13-14,16-26,28-29,51H2,1-3H3/t39?,40-,41+,42-/m0/s1. The molecule has 1 unspecified atom stereocenters. The molecule has 8 heterocycles. The van der Waals surface area contributed by atoms with Crippen LogP contribution in [0.15, 0.2) is 71.9 Å². The van der Waals surface area contributed by atoms with Crippen molar-refractivity contribution in [2.45, 2.75) is 96.4 Å². The molecule has 5 aliphatic heterocycles. The number of carbonyl (C=O) groups is 2. The van der Waals surface area contributed by atoms with E-state index in [2.05, 4.69) is 55.4 Å². The Morgan fingerprint density at radius 1 is 0.810 bits per heavy atom. The van der Waals surface area contributed by atoms with Crippen molar-refractivity contribution in [3.05, 3.63) is 122 Å². The molecule has 4 saturated heterocycles. The Balaban J connectivity index is 0.701. The number of piperidine rings is 2. The highest BCUT2D eigenvalue weighted by atomic mass is 35.5. The number of piperazine rings is 1. The van der Waals surface area contributed by atoms with Crippen LogP contribution in [0.1, 0.15) is 106 Å². The molecule has 2 N–H and O–H groups in total. The summed E-state index contributed by atoms with van der Waals surface area (Å²) in [6.07, 6.45) is 8.36. The third-order valence-electron chi connectivity index (χ3n) is 14.3. The average molecular weight is 886 g/mol. The fourth-order valence-corrected chi connectivity index (χ4v) is 12.1. The summed E-state index contributed by atoms with van der Waals surface area (Å²) in [7, 11) is 0. The molecule has 2 aromatic carbocycles. The monoisotopic (exact) mass is 884 g/mol. The summed E-state index contributed by atoms with van der Waals surface area (Å²) in [5, 5.41) is 10.8. The van der Waals surface area contributed by atoms with Crippen molar-refractivity contribution < 1.29 is 9.59 Å². The van der Waals surface area contributed by atoms with Crippen LogP contribution < -0.4 is 10.6 Å². The van der Waals surface area contributed by atoms with Crippen LogP contribution in [0.2, 0.25) is 5.02 Å².